The summed E-state index contributed by atoms with van der Waals surface area (Å²) in [5.41, 5.74) is 3.04. The summed E-state index contributed by atoms with van der Waals surface area (Å²) in [6.07, 6.45) is 8.17. The lowest BCUT2D eigenvalue weighted by atomic mass is 9.64. The van der Waals surface area contributed by atoms with Gasteiger partial charge in [-0.05, 0) is 38.2 Å². The molecule has 0 heterocycles. The number of allylic oxidation sites excluding steroid dienone is 2. The number of aliphatic hydroxyl groups is 1. The molecule has 1 aromatic rings. The van der Waals surface area contributed by atoms with Gasteiger partial charge in [-0.15, -0.1) is 0 Å². The third kappa shape index (κ3) is 3.07. The Kier molecular flexibility index (Phi) is 5.17. The smallest absolute Gasteiger partial charge is 0.143 e. The molecule has 0 radical (unpaired) electrons. The Bertz CT molecular complexity index is 411. The maximum absolute atomic E-state index is 8.84. The molecule has 2 nitrogen and oxygen atoms in total. The van der Waals surface area contributed by atoms with Gasteiger partial charge in [0.1, 0.15) is 6.79 Å². The first kappa shape index (κ1) is 14.3. The minimum atomic E-state index is -0.184. The fourth-order valence-electron chi connectivity index (χ4n) is 3.39. The van der Waals surface area contributed by atoms with Gasteiger partial charge in [0.15, 0.2) is 0 Å². The second-order valence-corrected chi connectivity index (χ2v) is 5.26. The van der Waals surface area contributed by atoms with Crippen molar-refractivity contribution in [2.24, 2.45) is 0 Å². The number of benzene rings is 1. The van der Waals surface area contributed by atoms with Crippen LogP contribution in [-0.4, -0.2) is 18.5 Å². The van der Waals surface area contributed by atoms with Crippen LogP contribution in [0.5, 0.6) is 0 Å². The molecule has 1 N–H and O–H groups in total. The SMILES string of the molecule is C/C=C1\CCCCC1(CCOCO)c1ccccc1. The maximum Gasteiger partial charge on any atom is 0.143 e. The Morgan fingerprint density at radius 2 is 2.05 bits per heavy atom. The van der Waals surface area contributed by atoms with E-state index in [9.17, 15) is 0 Å². The predicted octanol–water partition coefficient (Wildman–Crippen LogP) is 3.80. The molecule has 19 heavy (non-hydrogen) atoms. The van der Waals surface area contributed by atoms with Crippen molar-refractivity contribution in [3.8, 4) is 0 Å². The molecular formula is C17H24O2. The zero-order valence-corrected chi connectivity index (χ0v) is 11.8. The quantitative estimate of drug-likeness (QED) is 0.495. The molecule has 1 aliphatic rings. The number of rotatable bonds is 5. The summed E-state index contributed by atoms with van der Waals surface area (Å²) in [6, 6.07) is 10.8. The van der Waals surface area contributed by atoms with Crippen molar-refractivity contribution in [3.63, 3.8) is 0 Å². The Hall–Kier alpha value is -1.12. The fraction of sp³-hybridized carbons (Fsp3) is 0.529. The third-order valence-electron chi connectivity index (χ3n) is 4.35. The van der Waals surface area contributed by atoms with Crippen LogP contribution in [0, 0.1) is 0 Å². The largest absolute Gasteiger partial charge is 0.371 e. The summed E-state index contributed by atoms with van der Waals surface area (Å²) < 4.78 is 5.20. The molecule has 104 valence electrons. The van der Waals surface area contributed by atoms with Crippen LogP contribution in [0.4, 0.5) is 0 Å². The van der Waals surface area contributed by atoms with E-state index in [2.05, 4.69) is 43.3 Å². The standard InChI is InChI=1S/C17H24O2/c1-2-15-8-6-7-11-17(15,12-13-19-14-18)16-9-4-3-5-10-16/h2-5,9-10,18H,6-8,11-14H2,1H3/b15-2+. The van der Waals surface area contributed by atoms with E-state index in [1.165, 1.54) is 36.8 Å². The molecule has 0 saturated heterocycles. The minimum absolute atomic E-state index is 0.115. The van der Waals surface area contributed by atoms with E-state index in [-0.39, 0.29) is 12.2 Å². The Labute approximate surface area is 116 Å². The molecule has 1 atom stereocenters. The molecule has 2 rings (SSSR count). The van der Waals surface area contributed by atoms with Crippen molar-refractivity contribution in [1.82, 2.24) is 0 Å². The maximum atomic E-state index is 8.84. The second kappa shape index (κ2) is 6.88. The summed E-state index contributed by atoms with van der Waals surface area (Å²) in [4.78, 5) is 0. The average Bonchev–Trinajstić information content (AvgIpc) is 2.49. The van der Waals surface area contributed by atoms with Crippen LogP contribution in [0.2, 0.25) is 0 Å². The number of aliphatic hydroxyl groups excluding tert-OH is 1. The van der Waals surface area contributed by atoms with E-state index in [0.717, 1.165) is 6.42 Å². The van der Waals surface area contributed by atoms with Gasteiger partial charge in [0, 0.05) is 5.41 Å². The van der Waals surface area contributed by atoms with E-state index < -0.39 is 0 Å². The number of hydrogen-bond acceptors (Lipinski definition) is 2. The van der Waals surface area contributed by atoms with Gasteiger partial charge in [0.2, 0.25) is 0 Å². The van der Waals surface area contributed by atoms with Gasteiger partial charge in [-0.25, -0.2) is 0 Å². The average molecular weight is 260 g/mol. The highest BCUT2D eigenvalue weighted by atomic mass is 16.6. The first-order chi connectivity index (χ1) is 9.33. The zero-order valence-electron chi connectivity index (χ0n) is 11.8. The molecule has 0 amide bonds. The van der Waals surface area contributed by atoms with Crippen molar-refractivity contribution in [1.29, 1.82) is 0 Å². The molecule has 1 aliphatic carbocycles. The van der Waals surface area contributed by atoms with E-state index in [1.54, 1.807) is 0 Å². The third-order valence-corrected chi connectivity index (χ3v) is 4.35. The lowest BCUT2D eigenvalue weighted by molar-refractivity contribution is -0.00828. The van der Waals surface area contributed by atoms with Gasteiger partial charge in [0.05, 0.1) is 6.61 Å². The van der Waals surface area contributed by atoms with Crippen LogP contribution in [0.15, 0.2) is 42.0 Å². The first-order valence-electron chi connectivity index (χ1n) is 7.23. The second-order valence-electron chi connectivity index (χ2n) is 5.26. The Morgan fingerprint density at radius 3 is 2.74 bits per heavy atom. The molecule has 2 heteroatoms. The van der Waals surface area contributed by atoms with Gasteiger partial charge >= 0.3 is 0 Å². The summed E-state index contributed by atoms with van der Waals surface area (Å²) in [5.74, 6) is 0. The number of ether oxygens (including phenoxy) is 1. The Balaban J connectivity index is 2.31. The van der Waals surface area contributed by atoms with Crippen molar-refractivity contribution in [3.05, 3.63) is 47.5 Å². The van der Waals surface area contributed by atoms with Crippen molar-refractivity contribution in [2.45, 2.75) is 44.4 Å². The molecule has 1 fully saturated rings. The first-order valence-corrected chi connectivity index (χ1v) is 7.23. The van der Waals surface area contributed by atoms with Crippen LogP contribution in [0.25, 0.3) is 0 Å². The van der Waals surface area contributed by atoms with Gasteiger partial charge in [-0.1, -0.05) is 48.4 Å². The predicted molar refractivity (Wildman–Crippen MR) is 78.0 cm³/mol. The van der Waals surface area contributed by atoms with E-state index >= 15 is 0 Å². The Morgan fingerprint density at radius 1 is 1.26 bits per heavy atom. The van der Waals surface area contributed by atoms with Gasteiger partial charge in [-0.2, -0.15) is 0 Å². The van der Waals surface area contributed by atoms with Crippen LogP contribution in [0.3, 0.4) is 0 Å². The minimum Gasteiger partial charge on any atom is -0.371 e. The van der Waals surface area contributed by atoms with E-state index in [1.807, 2.05) is 0 Å². The summed E-state index contributed by atoms with van der Waals surface area (Å²) >= 11 is 0. The lowest BCUT2D eigenvalue weighted by Gasteiger charge is -2.40. The number of hydrogen-bond donors (Lipinski definition) is 1. The van der Waals surface area contributed by atoms with Crippen LogP contribution < -0.4 is 0 Å². The zero-order chi connectivity index (χ0) is 13.6. The highest BCUT2D eigenvalue weighted by Crippen LogP contribution is 2.45. The van der Waals surface area contributed by atoms with Crippen molar-refractivity contribution >= 4 is 0 Å². The molecular weight excluding hydrogens is 236 g/mol. The van der Waals surface area contributed by atoms with Gasteiger partial charge in [0.25, 0.3) is 0 Å². The topological polar surface area (TPSA) is 29.5 Å². The molecule has 1 unspecified atom stereocenters. The molecule has 0 spiro atoms. The summed E-state index contributed by atoms with van der Waals surface area (Å²) in [6.45, 7) is 2.57. The molecule has 0 aromatic heterocycles. The summed E-state index contributed by atoms with van der Waals surface area (Å²) in [7, 11) is 0. The lowest BCUT2D eigenvalue weighted by Crippen LogP contribution is -2.33. The van der Waals surface area contributed by atoms with Crippen molar-refractivity contribution in [2.75, 3.05) is 13.4 Å². The molecule has 1 aromatic carbocycles. The molecule has 0 bridgehead atoms. The highest BCUT2D eigenvalue weighted by molar-refractivity contribution is 5.37. The molecule has 0 aliphatic heterocycles. The van der Waals surface area contributed by atoms with Crippen LogP contribution in [-0.2, 0) is 10.2 Å². The fourth-order valence-corrected chi connectivity index (χ4v) is 3.39. The summed E-state index contributed by atoms with van der Waals surface area (Å²) in [5, 5.41) is 8.84. The normalized spacial score (nSPS) is 25.7. The van der Waals surface area contributed by atoms with Gasteiger partial charge < -0.3 is 9.84 Å². The highest BCUT2D eigenvalue weighted by Gasteiger charge is 2.37. The monoisotopic (exact) mass is 260 g/mol. The van der Waals surface area contributed by atoms with E-state index in [0.29, 0.717) is 6.61 Å². The van der Waals surface area contributed by atoms with E-state index in [4.69, 9.17) is 9.84 Å². The molecule has 1 saturated carbocycles. The van der Waals surface area contributed by atoms with Crippen molar-refractivity contribution < 1.29 is 9.84 Å². The van der Waals surface area contributed by atoms with Crippen LogP contribution >= 0.6 is 0 Å². The van der Waals surface area contributed by atoms with Gasteiger partial charge in [-0.3, -0.25) is 0 Å². The van der Waals surface area contributed by atoms with Crippen LogP contribution in [0.1, 0.15) is 44.6 Å².